The number of fused-ring (bicyclic) bond motifs is 1. The molecular weight excluding hydrogens is 362 g/mol. The van der Waals surface area contributed by atoms with Gasteiger partial charge in [-0.2, -0.15) is 5.10 Å². The van der Waals surface area contributed by atoms with E-state index in [2.05, 4.69) is 10.4 Å². The summed E-state index contributed by atoms with van der Waals surface area (Å²) in [6.07, 6.45) is 0. The van der Waals surface area contributed by atoms with Crippen molar-refractivity contribution in [3.05, 3.63) is 70.9 Å². The van der Waals surface area contributed by atoms with Crippen LogP contribution in [0.3, 0.4) is 0 Å². The van der Waals surface area contributed by atoms with E-state index in [9.17, 15) is 9.00 Å². The molecule has 0 bridgehead atoms. The van der Waals surface area contributed by atoms with Gasteiger partial charge in [0.2, 0.25) is 0 Å². The molecular formula is C20H19N3O3S. The molecule has 138 valence electrons. The van der Waals surface area contributed by atoms with Gasteiger partial charge in [-0.05, 0) is 43.3 Å². The van der Waals surface area contributed by atoms with Crippen LogP contribution in [0.1, 0.15) is 27.2 Å². The fourth-order valence-corrected chi connectivity index (χ4v) is 4.32. The molecule has 0 radical (unpaired) electrons. The van der Waals surface area contributed by atoms with E-state index in [-0.39, 0.29) is 5.91 Å². The van der Waals surface area contributed by atoms with Gasteiger partial charge in [0.15, 0.2) is 0 Å². The second-order valence-electron chi connectivity index (χ2n) is 6.43. The van der Waals surface area contributed by atoms with Crippen molar-refractivity contribution < 1.29 is 13.7 Å². The highest BCUT2D eigenvalue weighted by molar-refractivity contribution is 7.83. The maximum Gasteiger partial charge on any atom is 0.256 e. The number of anilines is 1. The summed E-state index contributed by atoms with van der Waals surface area (Å²) in [7, 11) is 0.633. The van der Waals surface area contributed by atoms with Crippen molar-refractivity contribution in [3.8, 4) is 11.4 Å². The Balaban J connectivity index is 1.72. The number of carbonyl (C=O) groups excluding carboxylic acids is 1. The lowest BCUT2D eigenvalue weighted by atomic mass is 10.1. The molecule has 0 unspecified atom stereocenters. The molecule has 1 aliphatic rings. The van der Waals surface area contributed by atoms with E-state index in [0.29, 0.717) is 22.9 Å². The fraction of sp³-hybridized carbons (Fsp3) is 0.200. The van der Waals surface area contributed by atoms with Crippen molar-refractivity contribution in [3.63, 3.8) is 0 Å². The summed E-state index contributed by atoms with van der Waals surface area (Å²) >= 11 is 0. The summed E-state index contributed by atoms with van der Waals surface area (Å²) in [5.74, 6) is 1.91. The number of benzene rings is 2. The van der Waals surface area contributed by atoms with Crippen molar-refractivity contribution in [1.29, 1.82) is 0 Å². The Kier molecular flexibility index (Phi) is 4.53. The predicted octanol–water partition coefficient (Wildman–Crippen LogP) is 3.20. The van der Waals surface area contributed by atoms with E-state index in [1.807, 2.05) is 43.3 Å². The second-order valence-corrected chi connectivity index (χ2v) is 7.89. The van der Waals surface area contributed by atoms with Crippen LogP contribution in [0, 0.1) is 6.92 Å². The number of nitrogens with zero attached hydrogens (tertiary/aromatic N) is 2. The maximum absolute atomic E-state index is 12.7. The van der Waals surface area contributed by atoms with Crippen molar-refractivity contribution in [1.82, 2.24) is 9.78 Å². The molecule has 1 N–H and O–H groups in total. The zero-order valence-corrected chi connectivity index (χ0v) is 15.9. The molecule has 3 aromatic rings. The van der Waals surface area contributed by atoms with Crippen LogP contribution in [-0.2, 0) is 22.3 Å². The summed E-state index contributed by atoms with van der Waals surface area (Å²) in [4.78, 5) is 12.7. The zero-order chi connectivity index (χ0) is 19.0. The van der Waals surface area contributed by atoms with E-state index in [1.165, 1.54) is 0 Å². The monoisotopic (exact) mass is 381 g/mol. The third-order valence-corrected chi connectivity index (χ3v) is 5.74. The number of rotatable bonds is 4. The highest BCUT2D eigenvalue weighted by Crippen LogP contribution is 2.32. The van der Waals surface area contributed by atoms with Gasteiger partial charge in [-0.3, -0.25) is 9.00 Å². The number of hydrogen-bond donors (Lipinski definition) is 1. The van der Waals surface area contributed by atoms with Crippen LogP contribution < -0.4 is 10.1 Å². The van der Waals surface area contributed by atoms with E-state index >= 15 is 0 Å². The van der Waals surface area contributed by atoms with Crippen molar-refractivity contribution in [2.45, 2.75) is 18.4 Å². The average molecular weight is 381 g/mol. The highest BCUT2D eigenvalue weighted by Gasteiger charge is 2.28. The first-order valence-corrected chi connectivity index (χ1v) is 10.0. The first-order valence-electron chi connectivity index (χ1n) is 8.53. The van der Waals surface area contributed by atoms with Crippen LogP contribution in [0.4, 0.5) is 5.82 Å². The normalized spacial score (nSPS) is 15.4. The van der Waals surface area contributed by atoms with Crippen LogP contribution in [0.25, 0.3) is 5.69 Å². The van der Waals surface area contributed by atoms with Gasteiger partial charge in [-0.15, -0.1) is 0 Å². The molecule has 2 aromatic carbocycles. The molecule has 1 amide bonds. The number of aryl methyl sites for hydroxylation is 1. The van der Waals surface area contributed by atoms with Gasteiger partial charge in [0, 0.05) is 21.9 Å². The molecule has 7 heteroatoms. The van der Waals surface area contributed by atoms with E-state index < -0.39 is 10.8 Å². The molecule has 27 heavy (non-hydrogen) atoms. The Hall–Kier alpha value is -2.93. The predicted molar refractivity (Wildman–Crippen MR) is 105 cm³/mol. The first kappa shape index (κ1) is 17.5. The summed E-state index contributed by atoms with van der Waals surface area (Å²) in [5.41, 5.74) is 4.06. The average Bonchev–Trinajstić information content (AvgIpc) is 3.19. The topological polar surface area (TPSA) is 73.2 Å². The molecule has 1 atom stereocenters. The fourth-order valence-electron chi connectivity index (χ4n) is 3.05. The number of hydrogen-bond acceptors (Lipinski definition) is 4. The van der Waals surface area contributed by atoms with Crippen molar-refractivity contribution in [2.75, 3.05) is 12.4 Å². The van der Waals surface area contributed by atoms with E-state index in [1.54, 1.807) is 23.9 Å². The minimum atomic E-state index is -0.978. The lowest BCUT2D eigenvalue weighted by molar-refractivity contribution is 0.102. The van der Waals surface area contributed by atoms with Crippen LogP contribution in [-0.4, -0.2) is 27.0 Å². The van der Waals surface area contributed by atoms with Crippen LogP contribution in [0.15, 0.2) is 48.5 Å². The molecule has 0 fully saturated rings. The Morgan fingerprint density at radius 2 is 1.81 bits per heavy atom. The summed E-state index contributed by atoms with van der Waals surface area (Å²) < 4.78 is 18.9. The lowest BCUT2D eigenvalue weighted by Gasteiger charge is -2.12. The summed E-state index contributed by atoms with van der Waals surface area (Å²) in [6, 6.07) is 14.8. The summed E-state index contributed by atoms with van der Waals surface area (Å²) in [6.45, 7) is 1.97. The Labute approximate surface area is 159 Å². The number of amides is 1. The van der Waals surface area contributed by atoms with Gasteiger partial charge in [0.25, 0.3) is 5.91 Å². The Morgan fingerprint density at radius 1 is 1.11 bits per heavy atom. The second kappa shape index (κ2) is 7.00. The van der Waals surface area contributed by atoms with Crippen LogP contribution in [0.5, 0.6) is 5.75 Å². The van der Waals surface area contributed by atoms with E-state index in [4.69, 9.17) is 4.74 Å². The van der Waals surface area contributed by atoms with Crippen LogP contribution in [0.2, 0.25) is 0 Å². The third kappa shape index (κ3) is 3.38. The molecule has 0 saturated heterocycles. The standard InChI is InChI=1S/C20H19N3O3S/c1-13-3-5-14(6-4-13)20(24)21-19-17-11-27(25)12-18(17)22-23(19)15-7-9-16(26-2)10-8-15/h3-10H,11-12H2,1-2H3,(H,21,24)/t27-/m1/s1. The Morgan fingerprint density at radius 3 is 2.48 bits per heavy atom. The highest BCUT2D eigenvalue weighted by atomic mass is 32.2. The quantitative estimate of drug-likeness (QED) is 0.753. The number of aromatic nitrogens is 2. The largest absolute Gasteiger partial charge is 0.497 e. The Bertz CT molecular complexity index is 1020. The molecule has 1 aliphatic heterocycles. The molecule has 1 aromatic heterocycles. The maximum atomic E-state index is 12.7. The number of methoxy groups -OCH3 is 1. The molecule has 0 spiro atoms. The number of ether oxygens (including phenoxy) is 1. The summed E-state index contributed by atoms with van der Waals surface area (Å²) in [5, 5.41) is 7.57. The van der Waals surface area contributed by atoms with Gasteiger partial charge in [0.05, 0.1) is 30.0 Å². The molecule has 4 rings (SSSR count). The van der Waals surface area contributed by atoms with E-state index in [0.717, 1.165) is 28.3 Å². The SMILES string of the molecule is COc1ccc(-n2nc3c(c2NC(=O)c2ccc(C)cc2)C[S@@](=O)C3)cc1. The molecule has 6 nitrogen and oxygen atoms in total. The van der Waals surface area contributed by atoms with Gasteiger partial charge in [-0.25, -0.2) is 4.68 Å². The van der Waals surface area contributed by atoms with Crippen LogP contribution >= 0.6 is 0 Å². The van der Waals surface area contributed by atoms with Gasteiger partial charge in [0.1, 0.15) is 11.6 Å². The van der Waals surface area contributed by atoms with Gasteiger partial charge in [-0.1, -0.05) is 17.7 Å². The number of nitrogens with one attached hydrogen (secondary N) is 1. The lowest BCUT2D eigenvalue weighted by Crippen LogP contribution is -2.16. The van der Waals surface area contributed by atoms with Gasteiger partial charge < -0.3 is 10.1 Å². The minimum absolute atomic E-state index is 0.217. The third-order valence-electron chi connectivity index (χ3n) is 4.53. The number of carbonyl (C=O) groups is 1. The smallest absolute Gasteiger partial charge is 0.256 e. The minimum Gasteiger partial charge on any atom is -0.497 e. The first-order chi connectivity index (χ1) is 13.0. The molecule has 2 heterocycles. The van der Waals surface area contributed by atoms with Crippen molar-refractivity contribution >= 4 is 22.5 Å². The van der Waals surface area contributed by atoms with Crippen molar-refractivity contribution in [2.24, 2.45) is 0 Å². The molecule has 0 saturated carbocycles. The molecule has 0 aliphatic carbocycles. The van der Waals surface area contributed by atoms with Gasteiger partial charge >= 0.3 is 0 Å². The zero-order valence-electron chi connectivity index (χ0n) is 15.1.